The minimum atomic E-state index is -0.234. The first-order valence-corrected chi connectivity index (χ1v) is 6.19. The lowest BCUT2D eigenvalue weighted by Gasteiger charge is -2.04. The number of thiophene rings is 1. The van der Waals surface area contributed by atoms with E-state index in [0.29, 0.717) is 12.3 Å². The first-order valence-electron chi connectivity index (χ1n) is 5.25. The van der Waals surface area contributed by atoms with E-state index >= 15 is 0 Å². The monoisotopic (exact) mass is 247 g/mol. The number of carbonyl (C=O) groups excluding carboxylic acids is 1. The van der Waals surface area contributed by atoms with Crippen molar-refractivity contribution in [1.82, 2.24) is 0 Å². The summed E-state index contributed by atoms with van der Waals surface area (Å²) >= 11 is 1.59. The van der Waals surface area contributed by atoms with E-state index in [0.717, 1.165) is 11.1 Å². The molecule has 0 spiro atoms. The fourth-order valence-electron chi connectivity index (χ4n) is 1.46. The van der Waals surface area contributed by atoms with E-state index in [1.807, 2.05) is 29.0 Å². The topological polar surface area (TPSA) is 52.3 Å². The van der Waals surface area contributed by atoms with Gasteiger partial charge in [-0.1, -0.05) is 12.1 Å². The highest BCUT2D eigenvalue weighted by Gasteiger charge is 2.05. The summed E-state index contributed by atoms with van der Waals surface area (Å²) in [5, 5.41) is 3.93. The zero-order valence-electron chi connectivity index (χ0n) is 9.26. The van der Waals surface area contributed by atoms with E-state index in [-0.39, 0.29) is 12.4 Å². The van der Waals surface area contributed by atoms with Gasteiger partial charge in [-0.15, -0.1) is 0 Å². The summed E-state index contributed by atoms with van der Waals surface area (Å²) in [6.45, 7) is 0.338. The zero-order chi connectivity index (χ0) is 12.1. The van der Waals surface area contributed by atoms with E-state index in [1.54, 1.807) is 23.5 Å². The quantitative estimate of drug-likeness (QED) is 0.667. The Morgan fingerprint density at radius 2 is 2.18 bits per heavy atom. The van der Waals surface area contributed by atoms with Crippen LogP contribution in [0, 0.1) is 0 Å². The molecule has 1 aromatic carbocycles. The molecule has 0 saturated heterocycles. The maximum Gasteiger partial charge on any atom is 0.310 e. The van der Waals surface area contributed by atoms with Crippen molar-refractivity contribution >= 4 is 23.0 Å². The van der Waals surface area contributed by atoms with Gasteiger partial charge in [0, 0.05) is 11.3 Å². The summed E-state index contributed by atoms with van der Waals surface area (Å²) in [6, 6.07) is 9.21. The number of esters is 1. The lowest BCUT2D eigenvalue weighted by Crippen LogP contribution is -2.07. The fraction of sp³-hybridized carbons (Fsp3) is 0.154. The molecule has 1 aromatic heterocycles. The summed E-state index contributed by atoms with van der Waals surface area (Å²) < 4.78 is 5.16. The molecule has 0 bridgehead atoms. The van der Waals surface area contributed by atoms with Gasteiger partial charge in [0.15, 0.2) is 0 Å². The Morgan fingerprint density at radius 3 is 2.88 bits per heavy atom. The van der Waals surface area contributed by atoms with Gasteiger partial charge in [0.05, 0.1) is 6.42 Å². The van der Waals surface area contributed by atoms with Gasteiger partial charge in [0.2, 0.25) is 0 Å². The third-order valence-electron chi connectivity index (χ3n) is 2.28. The molecule has 0 aliphatic heterocycles. The molecule has 0 radical (unpaired) electrons. The van der Waals surface area contributed by atoms with Gasteiger partial charge in [0.25, 0.3) is 0 Å². The predicted molar refractivity (Wildman–Crippen MR) is 68.7 cm³/mol. The Bertz CT molecular complexity index is 494. The molecule has 17 heavy (non-hydrogen) atoms. The van der Waals surface area contributed by atoms with Gasteiger partial charge in [0.1, 0.15) is 6.61 Å². The van der Waals surface area contributed by atoms with E-state index in [1.165, 1.54) is 0 Å². The van der Waals surface area contributed by atoms with Crippen molar-refractivity contribution in [2.24, 2.45) is 0 Å². The highest BCUT2D eigenvalue weighted by Crippen LogP contribution is 2.10. The van der Waals surface area contributed by atoms with Crippen LogP contribution in [0.1, 0.15) is 11.1 Å². The van der Waals surface area contributed by atoms with Crippen molar-refractivity contribution in [1.29, 1.82) is 0 Å². The summed E-state index contributed by atoms with van der Waals surface area (Å²) in [7, 11) is 0. The minimum Gasteiger partial charge on any atom is -0.461 e. The Labute approximate surface area is 104 Å². The molecule has 0 aliphatic carbocycles. The Morgan fingerprint density at radius 1 is 1.29 bits per heavy atom. The highest BCUT2D eigenvalue weighted by atomic mass is 32.1. The number of benzene rings is 1. The summed E-state index contributed by atoms with van der Waals surface area (Å²) in [6.07, 6.45) is 0.259. The number of hydrogen-bond donors (Lipinski definition) is 1. The van der Waals surface area contributed by atoms with Gasteiger partial charge in [-0.05, 0) is 34.5 Å². The summed E-state index contributed by atoms with van der Waals surface area (Å²) in [5.74, 6) is -0.234. The number of nitrogens with two attached hydrogens (primary N) is 1. The Hall–Kier alpha value is -1.81. The number of rotatable bonds is 4. The first kappa shape index (κ1) is 11.7. The van der Waals surface area contributed by atoms with Gasteiger partial charge >= 0.3 is 5.97 Å². The Balaban J connectivity index is 1.85. The van der Waals surface area contributed by atoms with Crippen LogP contribution < -0.4 is 5.73 Å². The molecule has 0 atom stereocenters. The van der Waals surface area contributed by atoms with Crippen LogP contribution in [0.3, 0.4) is 0 Å². The molecule has 0 unspecified atom stereocenters. The predicted octanol–water partition coefficient (Wildman–Crippen LogP) is 2.62. The third-order valence-corrected chi connectivity index (χ3v) is 3.01. The van der Waals surface area contributed by atoms with Crippen molar-refractivity contribution in [2.45, 2.75) is 13.0 Å². The van der Waals surface area contributed by atoms with Crippen LogP contribution in [0.2, 0.25) is 0 Å². The summed E-state index contributed by atoms with van der Waals surface area (Å²) in [5.41, 5.74) is 8.19. The molecule has 0 aliphatic rings. The average Bonchev–Trinajstić information content (AvgIpc) is 2.79. The SMILES string of the molecule is Nc1cccc(CC(=O)OCc2ccsc2)c1. The Kier molecular flexibility index (Phi) is 3.77. The van der Waals surface area contributed by atoms with Crippen molar-refractivity contribution in [3.8, 4) is 0 Å². The zero-order valence-corrected chi connectivity index (χ0v) is 10.1. The normalized spacial score (nSPS) is 10.1. The number of anilines is 1. The fourth-order valence-corrected chi connectivity index (χ4v) is 2.11. The number of ether oxygens (including phenoxy) is 1. The van der Waals surface area contributed by atoms with Crippen LogP contribution >= 0.6 is 11.3 Å². The van der Waals surface area contributed by atoms with E-state index in [4.69, 9.17) is 10.5 Å². The second kappa shape index (κ2) is 5.50. The van der Waals surface area contributed by atoms with Gasteiger partial charge < -0.3 is 10.5 Å². The van der Waals surface area contributed by atoms with E-state index < -0.39 is 0 Å². The number of nitrogen functional groups attached to an aromatic ring is 1. The van der Waals surface area contributed by atoms with Gasteiger partial charge in [-0.25, -0.2) is 0 Å². The smallest absolute Gasteiger partial charge is 0.310 e. The van der Waals surface area contributed by atoms with Crippen LogP contribution in [0.4, 0.5) is 5.69 Å². The number of carbonyl (C=O) groups is 1. The molecule has 0 fully saturated rings. The average molecular weight is 247 g/mol. The third kappa shape index (κ3) is 3.60. The maximum absolute atomic E-state index is 11.6. The van der Waals surface area contributed by atoms with Crippen LogP contribution in [0.5, 0.6) is 0 Å². The molecule has 2 N–H and O–H groups in total. The van der Waals surface area contributed by atoms with E-state index in [9.17, 15) is 4.79 Å². The molecule has 2 rings (SSSR count). The molecular weight excluding hydrogens is 234 g/mol. The standard InChI is InChI=1S/C13H13NO2S/c14-12-3-1-2-10(6-12)7-13(15)16-8-11-4-5-17-9-11/h1-6,9H,7-8,14H2. The van der Waals surface area contributed by atoms with Crippen LogP contribution in [0.15, 0.2) is 41.1 Å². The molecular formula is C13H13NO2S. The lowest BCUT2D eigenvalue weighted by molar-refractivity contribution is -0.144. The van der Waals surface area contributed by atoms with Crippen molar-refractivity contribution in [3.63, 3.8) is 0 Å². The van der Waals surface area contributed by atoms with Crippen LogP contribution in [-0.4, -0.2) is 5.97 Å². The van der Waals surface area contributed by atoms with Crippen LogP contribution in [-0.2, 0) is 22.6 Å². The molecule has 0 amide bonds. The summed E-state index contributed by atoms with van der Waals surface area (Å²) in [4.78, 5) is 11.6. The molecule has 0 saturated carbocycles. The molecule has 1 heterocycles. The van der Waals surface area contributed by atoms with Gasteiger partial charge in [-0.2, -0.15) is 11.3 Å². The first-order chi connectivity index (χ1) is 8.24. The lowest BCUT2D eigenvalue weighted by atomic mass is 10.1. The van der Waals surface area contributed by atoms with Gasteiger partial charge in [-0.3, -0.25) is 4.79 Å². The van der Waals surface area contributed by atoms with E-state index in [2.05, 4.69) is 0 Å². The number of hydrogen-bond acceptors (Lipinski definition) is 4. The van der Waals surface area contributed by atoms with Crippen molar-refractivity contribution in [3.05, 3.63) is 52.2 Å². The molecule has 4 heteroatoms. The molecule has 3 nitrogen and oxygen atoms in total. The molecule has 2 aromatic rings. The van der Waals surface area contributed by atoms with Crippen LogP contribution in [0.25, 0.3) is 0 Å². The largest absolute Gasteiger partial charge is 0.461 e. The second-order valence-corrected chi connectivity index (χ2v) is 4.49. The maximum atomic E-state index is 11.6. The second-order valence-electron chi connectivity index (χ2n) is 3.71. The molecule has 88 valence electrons. The van der Waals surface area contributed by atoms with Crippen molar-refractivity contribution in [2.75, 3.05) is 5.73 Å². The van der Waals surface area contributed by atoms with Crippen molar-refractivity contribution < 1.29 is 9.53 Å². The minimum absolute atomic E-state index is 0.234. The highest BCUT2D eigenvalue weighted by molar-refractivity contribution is 7.07.